The second kappa shape index (κ2) is 5.02. The topological polar surface area (TPSA) is 17.1 Å². The summed E-state index contributed by atoms with van der Waals surface area (Å²) in [7, 11) is 0. The highest BCUT2D eigenvalue weighted by molar-refractivity contribution is 9.10. The van der Waals surface area contributed by atoms with Gasteiger partial charge in [-0.15, -0.1) is 0 Å². The Bertz CT molecular complexity index is 620. The summed E-state index contributed by atoms with van der Waals surface area (Å²) in [4.78, 5) is 10.9. The summed E-state index contributed by atoms with van der Waals surface area (Å²) in [6.07, 6.45) is 0.823. The molecule has 0 heterocycles. The zero-order chi connectivity index (χ0) is 13.3. The first-order valence-corrected chi connectivity index (χ1v) is 6.34. The number of hydrogen-bond donors (Lipinski definition) is 0. The first-order valence-electron chi connectivity index (χ1n) is 5.55. The Morgan fingerprint density at radius 1 is 1.06 bits per heavy atom. The van der Waals surface area contributed by atoms with Gasteiger partial charge in [0.25, 0.3) is 0 Å². The molecular formula is C15H12BrFO. The van der Waals surface area contributed by atoms with Gasteiger partial charge in [-0.1, -0.05) is 22.0 Å². The van der Waals surface area contributed by atoms with Crippen molar-refractivity contribution in [3.63, 3.8) is 0 Å². The van der Waals surface area contributed by atoms with Gasteiger partial charge >= 0.3 is 0 Å². The van der Waals surface area contributed by atoms with E-state index in [4.69, 9.17) is 0 Å². The minimum atomic E-state index is -0.264. The Morgan fingerprint density at radius 3 is 2.44 bits per heavy atom. The van der Waals surface area contributed by atoms with Crippen LogP contribution < -0.4 is 0 Å². The van der Waals surface area contributed by atoms with Gasteiger partial charge in [0.15, 0.2) is 0 Å². The minimum Gasteiger partial charge on any atom is -0.298 e. The van der Waals surface area contributed by atoms with E-state index in [0.29, 0.717) is 11.1 Å². The second-order valence-electron chi connectivity index (χ2n) is 4.27. The van der Waals surface area contributed by atoms with Crippen LogP contribution in [0.5, 0.6) is 0 Å². The lowest BCUT2D eigenvalue weighted by atomic mass is 9.95. The van der Waals surface area contributed by atoms with Crippen molar-refractivity contribution in [1.29, 1.82) is 0 Å². The zero-order valence-electron chi connectivity index (χ0n) is 10.1. The van der Waals surface area contributed by atoms with E-state index in [2.05, 4.69) is 15.9 Å². The van der Waals surface area contributed by atoms with Gasteiger partial charge in [-0.3, -0.25) is 4.79 Å². The van der Waals surface area contributed by atoms with E-state index in [-0.39, 0.29) is 5.82 Å². The highest BCUT2D eigenvalue weighted by Crippen LogP contribution is 2.30. The summed E-state index contributed by atoms with van der Waals surface area (Å²) in [6.45, 7) is 3.73. The van der Waals surface area contributed by atoms with Crippen LogP contribution >= 0.6 is 15.9 Å². The molecule has 18 heavy (non-hydrogen) atoms. The summed E-state index contributed by atoms with van der Waals surface area (Å²) in [5.74, 6) is -0.264. The molecule has 2 rings (SSSR count). The van der Waals surface area contributed by atoms with Crippen LogP contribution in [0.4, 0.5) is 4.39 Å². The number of aryl methyl sites for hydroxylation is 2. The van der Waals surface area contributed by atoms with E-state index in [1.807, 2.05) is 19.9 Å². The Hall–Kier alpha value is -1.48. The van der Waals surface area contributed by atoms with Crippen molar-refractivity contribution >= 4 is 22.2 Å². The predicted octanol–water partition coefficient (Wildman–Crippen LogP) is 4.68. The van der Waals surface area contributed by atoms with Gasteiger partial charge in [-0.2, -0.15) is 0 Å². The van der Waals surface area contributed by atoms with E-state index >= 15 is 0 Å². The third-order valence-corrected chi connectivity index (χ3v) is 3.45. The molecule has 2 aromatic carbocycles. The fraction of sp³-hybridized carbons (Fsp3) is 0.133. The van der Waals surface area contributed by atoms with Crippen LogP contribution in [0, 0.1) is 19.7 Å². The molecule has 0 saturated heterocycles. The van der Waals surface area contributed by atoms with Crippen LogP contribution in [0.3, 0.4) is 0 Å². The molecule has 0 radical (unpaired) electrons. The van der Waals surface area contributed by atoms with E-state index < -0.39 is 0 Å². The molecule has 0 fully saturated rings. The number of hydrogen-bond acceptors (Lipinski definition) is 1. The van der Waals surface area contributed by atoms with Crippen LogP contribution in [0.2, 0.25) is 0 Å². The van der Waals surface area contributed by atoms with Crippen molar-refractivity contribution in [2.45, 2.75) is 13.8 Å². The summed E-state index contributed by atoms with van der Waals surface area (Å²) < 4.78 is 14.7. The van der Waals surface area contributed by atoms with Crippen molar-refractivity contribution in [2.24, 2.45) is 0 Å². The number of carbonyl (C=O) groups is 1. The summed E-state index contributed by atoms with van der Waals surface area (Å²) in [5.41, 5.74) is 3.75. The first kappa shape index (κ1) is 13.0. The molecule has 0 aliphatic carbocycles. The number of benzene rings is 2. The van der Waals surface area contributed by atoms with E-state index in [0.717, 1.165) is 27.4 Å². The van der Waals surface area contributed by atoms with Gasteiger partial charge in [0.1, 0.15) is 12.1 Å². The standard InChI is InChI=1S/C15H12BrFO/c1-9-6-13(10(2)5-11(9)8-18)14-7-12(16)3-4-15(14)17/h3-8H,1-2H3. The molecule has 0 amide bonds. The first-order chi connectivity index (χ1) is 8.52. The van der Waals surface area contributed by atoms with Gasteiger partial charge in [0.2, 0.25) is 0 Å². The average molecular weight is 307 g/mol. The molecule has 92 valence electrons. The minimum absolute atomic E-state index is 0.264. The zero-order valence-corrected chi connectivity index (χ0v) is 11.7. The van der Waals surface area contributed by atoms with Crippen LogP contribution in [0.1, 0.15) is 21.5 Å². The molecule has 0 spiro atoms. The van der Waals surface area contributed by atoms with Gasteiger partial charge in [-0.05, 0) is 54.8 Å². The van der Waals surface area contributed by atoms with Crippen LogP contribution in [0.25, 0.3) is 11.1 Å². The van der Waals surface area contributed by atoms with Crippen molar-refractivity contribution in [3.8, 4) is 11.1 Å². The van der Waals surface area contributed by atoms with Crippen molar-refractivity contribution in [3.05, 3.63) is 57.3 Å². The Morgan fingerprint density at radius 2 is 1.78 bits per heavy atom. The van der Waals surface area contributed by atoms with E-state index in [9.17, 15) is 9.18 Å². The quantitative estimate of drug-likeness (QED) is 0.736. The van der Waals surface area contributed by atoms with E-state index in [1.165, 1.54) is 6.07 Å². The molecule has 1 nitrogen and oxygen atoms in total. The molecule has 0 saturated carbocycles. The Labute approximate surface area is 114 Å². The second-order valence-corrected chi connectivity index (χ2v) is 5.18. The molecule has 0 N–H and O–H groups in total. The fourth-order valence-electron chi connectivity index (χ4n) is 1.96. The molecule has 0 aromatic heterocycles. The molecule has 0 aliphatic rings. The van der Waals surface area contributed by atoms with Gasteiger partial charge in [-0.25, -0.2) is 4.39 Å². The van der Waals surface area contributed by atoms with Crippen molar-refractivity contribution < 1.29 is 9.18 Å². The number of aldehydes is 1. The maximum atomic E-state index is 13.9. The maximum absolute atomic E-state index is 13.9. The van der Waals surface area contributed by atoms with Crippen LogP contribution in [-0.4, -0.2) is 6.29 Å². The highest BCUT2D eigenvalue weighted by atomic mass is 79.9. The average Bonchev–Trinajstić information content (AvgIpc) is 2.35. The van der Waals surface area contributed by atoms with Gasteiger partial charge in [0.05, 0.1) is 0 Å². The Kier molecular flexibility index (Phi) is 3.62. The van der Waals surface area contributed by atoms with Gasteiger partial charge in [0, 0.05) is 15.6 Å². The largest absolute Gasteiger partial charge is 0.298 e. The molecule has 0 bridgehead atoms. The normalized spacial score (nSPS) is 10.4. The lowest BCUT2D eigenvalue weighted by Crippen LogP contribution is -1.93. The number of carbonyl (C=O) groups excluding carboxylic acids is 1. The van der Waals surface area contributed by atoms with E-state index in [1.54, 1.807) is 18.2 Å². The monoisotopic (exact) mass is 306 g/mol. The third kappa shape index (κ3) is 2.36. The number of halogens is 2. The summed E-state index contributed by atoms with van der Waals surface area (Å²) in [5, 5.41) is 0. The summed E-state index contributed by atoms with van der Waals surface area (Å²) in [6, 6.07) is 8.49. The molecule has 2 aromatic rings. The van der Waals surface area contributed by atoms with Crippen molar-refractivity contribution in [2.75, 3.05) is 0 Å². The van der Waals surface area contributed by atoms with Crippen LogP contribution in [-0.2, 0) is 0 Å². The SMILES string of the molecule is Cc1cc(-c2cc(Br)ccc2F)c(C)cc1C=O. The maximum Gasteiger partial charge on any atom is 0.150 e. The lowest BCUT2D eigenvalue weighted by molar-refractivity contribution is 0.112. The molecule has 0 atom stereocenters. The van der Waals surface area contributed by atoms with Crippen molar-refractivity contribution in [1.82, 2.24) is 0 Å². The highest BCUT2D eigenvalue weighted by Gasteiger charge is 2.10. The smallest absolute Gasteiger partial charge is 0.150 e. The Balaban J connectivity index is 2.67. The lowest BCUT2D eigenvalue weighted by Gasteiger charge is -2.11. The molecule has 3 heteroatoms. The third-order valence-electron chi connectivity index (χ3n) is 2.96. The predicted molar refractivity (Wildman–Crippen MR) is 74.4 cm³/mol. The fourth-order valence-corrected chi connectivity index (χ4v) is 2.32. The molecule has 0 aliphatic heterocycles. The van der Waals surface area contributed by atoms with Crippen LogP contribution in [0.15, 0.2) is 34.8 Å². The van der Waals surface area contributed by atoms with Gasteiger partial charge < -0.3 is 0 Å². The molecule has 0 unspecified atom stereocenters. The number of rotatable bonds is 2. The summed E-state index contributed by atoms with van der Waals surface area (Å²) >= 11 is 3.34. The molecular weight excluding hydrogens is 295 g/mol.